The summed E-state index contributed by atoms with van der Waals surface area (Å²) in [7, 11) is 0. The number of rotatable bonds is 9. The molecule has 0 aromatic heterocycles. The van der Waals surface area contributed by atoms with E-state index in [2.05, 4.69) is 51.4 Å². The van der Waals surface area contributed by atoms with Crippen molar-refractivity contribution >= 4 is 11.8 Å². The third-order valence-electron chi connectivity index (χ3n) is 7.59. The average molecular weight is 466 g/mol. The number of carbonyl (C=O) groups is 2. The Labute approximate surface area is 197 Å². The number of piperidine rings is 1. The maximum absolute atomic E-state index is 12.5. The molecule has 1 aliphatic carbocycles. The molecule has 2 amide bonds. The topological polar surface area (TPSA) is 128 Å². The number of carbonyl (C=O) groups excluding carboxylic acids is 2. The molecule has 6 atom stereocenters. The molecular weight excluding hydrogens is 422 g/mol. The molecule has 3 aliphatic heterocycles. The van der Waals surface area contributed by atoms with E-state index in [1.807, 2.05) is 0 Å². The van der Waals surface area contributed by atoms with Crippen LogP contribution in [-0.4, -0.2) is 56.0 Å². The number of fused-ring (bicyclic) bond motifs is 1. The molecule has 3 heterocycles. The van der Waals surface area contributed by atoms with Crippen LogP contribution in [-0.2, 0) is 14.4 Å². The first kappa shape index (κ1) is 24.8. The van der Waals surface area contributed by atoms with E-state index >= 15 is 0 Å². The number of hydrogen-bond acceptors (Lipinski definition) is 8. The highest BCUT2D eigenvalue weighted by atomic mass is 16.7. The van der Waals surface area contributed by atoms with Gasteiger partial charge in [-0.1, -0.05) is 33.1 Å². The molecule has 10 heteroatoms. The van der Waals surface area contributed by atoms with Crippen molar-refractivity contribution < 1.29 is 14.4 Å². The zero-order chi connectivity index (χ0) is 23.3. The van der Waals surface area contributed by atoms with E-state index in [0.29, 0.717) is 31.3 Å². The summed E-state index contributed by atoms with van der Waals surface area (Å²) in [6.07, 6.45) is 9.06. The lowest BCUT2D eigenvalue weighted by molar-refractivity contribution is -0.134. The highest BCUT2D eigenvalue weighted by molar-refractivity contribution is 5.79. The van der Waals surface area contributed by atoms with Crippen LogP contribution in [0.5, 0.6) is 0 Å². The summed E-state index contributed by atoms with van der Waals surface area (Å²) in [5, 5.41) is 13.7. The first-order chi connectivity index (χ1) is 15.9. The molecule has 0 aromatic rings. The van der Waals surface area contributed by atoms with E-state index in [-0.39, 0.29) is 41.7 Å². The van der Waals surface area contributed by atoms with Gasteiger partial charge in [0.1, 0.15) is 6.23 Å². The standard InChI is InChI=1S/C23H43N7O3/c1-23(2,14-26-20-15-7-3-4-8-16(15)22(32)29-28-20)13-25-18(31)10-11-19-27-21(30-33-19)17-9-5-6-12-24-17/h15-17,19-21,24,26-28,30H,3-14H2,1-2H3,(H,25,31)(H,29,32). The predicted molar refractivity (Wildman–Crippen MR) is 125 cm³/mol. The maximum atomic E-state index is 12.5. The van der Waals surface area contributed by atoms with Crippen molar-refractivity contribution in [3.8, 4) is 0 Å². The fourth-order valence-electron chi connectivity index (χ4n) is 5.50. The first-order valence-electron chi connectivity index (χ1n) is 12.9. The number of hydroxylamine groups is 1. The van der Waals surface area contributed by atoms with Gasteiger partial charge in [0, 0.05) is 37.4 Å². The van der Waals surface area contributed by atoms with Gasteiger partial charge in [-0.15, -0.1) is 0 Å². The average Bonchev–Trinajstić information content (AvgIpc) is 3.31. The molecule has 0 bridgehead atoms. The minimum absolute atomic E-state index is 0.0446. The second-order valence-corrected chi connectivity index (χ2v) is 11.0. The molecule has 4 fully saturated rings. The Hall–Kier alpha value is -1.30. The van der Waals surface area contributed by atoms with E-state index < -0.39 is 0 Å². The fraction of sp³-hybridized carbons (Fsp3) is 0.913. The lowest BCUT2D eigenvalue weighted by Crippen LogP contribution is -2.65. The lowest BCUT2D eigenvalue weighted by Gasteiger charge is -2.42. The van der Waals surface area contributed by atoms with Gasteiger partial charge in [-0.2, -0.15) is 5.48 Å². The van der Waals surface area contributed by atoms with Crippen LogP contribution in [0, 0.1) is 17.3 Å². The summed E-state index contributed by atoms with van der Waals surface area (Å²) in [5.74, 6) is 0.609. The van der Waals surface area contributed by atoms with Crippen LogP contribution in [0.2, 0.25) is 0 Å². The Balaban J connectivity index is 1.13. The molecule has 0 aromatic carbocycles. The first-order valence-corrected chi connectivity index (χ1v) is 12.9. The Kier molecular flexibility index (Phi) is 8.59. The molecule has 7 N–H and O–H groups in total. The van der Waals surface area contributed by atoms with Crippen molar-refractivity contribution in [2.24, 2.45) is 17.3 Å². The second-order valence-electron chi connectivity index (χ2n) is 11.0. The van der Waals surface area contributed by atoms with E-state index in [1.165, 1.54) is 19.3 Å². The summed E-state index contributed by atoms with van der Waals surface area (Å²) in [6, 6.07) is 0.377. The van der Waals surface area contributed by atoms with Gasteiger partial charge in [-0.25, -0.2) is 5.43 Å². The van der Waals surface area contributed by atoms with Crippen LogP contribution in [0.1, 0.15) is 71.6 Å². The van der Waals surface area contributed by atoms with Crippen molar-refractivity contribution in [2.45, 2.75) is 96.2 Å². The normalized spacial score (nSPS) is 35.0. The second kappa shape index (κ2) is 11.4. The van der Waals surface area contributed by atoms with Gasteiger partial charge in [-0.3, -0.25) is 30.5 Å². The van der Waals surface area contributed by atoms with Gasteiger partial charge in [0.05, 0.1) is 12.3 Å². The monoisotopic (exact) mass is 465 g/mol. The zero-order valence-corrected chi connectivity index (χ0v) is 20.2. The third kappa shape index (κ3) is 6.86. The Bertz CT molecular complexity index is 670. The van der Waals surface area contributed by atoms with Crippen LogP contribution in [0.4, 0.5) is 0 Å². The predicted octanol–water partition coefficient (Wildman–Crippen LogP) is 0.184. The van der Waals surface area contributed by atoms with Crippen molar-refractivity contribution in [3.63, 3.8) is 0 Å². The highest BCUT2D eigenvalue weighted by Crippen LogP contribution is 2.33. The van der Waals surface area contributed by atoms with E-state index in [9.17, 15) is 9.59 Å². The Morgan fingerprint density at radius 1 is 1.12 bits per heavy atom. The SMILES string of the molecule is CC(C)(CNC(=O)CCC1NC(C2CCCCN2)NO1)CNC1NNC(=O)C2CCCCC12. The van der Waals surface area contributed by atoms with Crippen molar-refractivity contribution in [2.75, 3.05) is 19.6 Å². The third-order valence-corrected chi connectivity index (χ3v) is 7.59. The van der Waals surface area contributed by atoms with Crippen LogP contribution < -0.4 is 37.6 Å². The van der Waals surface area contributed by atoms with Gasteiger partial charge in [0.25, 0.3) is 0 Å². The van der Waals surface area contributed by atoms with Crippen LogP contribution in [0.25, 0.3) is 0 Å². The molecule has 6 unspecified atom stereocenters. The van der Waals surface area contributed by atoms with Gasteiger partial charge >= 0.3 is 0 Å². The molecule has 10 nitrogen and oxygen atoms in total. The van der Waals surface area contributed by atoms with Crippen molar-refractivity contribution in [3.05, 3.63) is 0 Å². The maximum Gasteiger partial charge on any atom is 0.237 e. The van der Waals surface area contributed by atoms with Crippen molar-refractivity contribution in [1.82, 2.24) is 37.6 Å². The Morgan fingerprint density at radius 3 is 2.76 bits per heavy atom. The smallest absolute Gasteiger partial charge is 0.237 e. The van der Waals surface area contributed by atoms with Gasteiger partial charge < -0.3 is 10.6 Å². The van der Waals surface area contributed by atoms with E-state index in [1.54, 1.807) is 0 Å². The largest absolute Gasteiger partial charge is 0.356 e. The summed E-state index contributed by atoms with van der Waals surface area (Å²) in [6.45, 7) is 6.69. The highest BCUT2D eigenvalue weighted by Gasteiger charge is 2.40. The Morgan fingerprint density at radius 2 is 1.94 bits per heavy atom. The van der Waals surface area contributed by atoms with Gasteiger partial charge in [0.2, 0.25) is 11.8 Å². The number of hydrogen-bond donors (Lipinski definition) is 7. The van der Waals surface area contributed by atoms with E-state index in [0.717, 1.165) is 38.8 Å². The molecule has 0 spiro atoms. The van der Waals surface area contributed by atoms with Crippen LogP contribution in [0.15, 0.2) is 0 Å². The molecule has 4 rings (SSSR count). The van der Waals surface area contributed by atoms with Gasteiger partial charge in [-0.05, 0) is 44.1 Å². The zero-order valence-electron chi connectivity index (χ0n) is 20.2. The van der Waals surface area contributed by atoms with Crippen molar-refractivity contribution in [1.29, 1.82) is 0 Å². The lowest BCUT2D eigenvalue weighted by atomic mass is 9.76. The van der Waals surface area contributed by atoms with Gasteiger partial charge in [0.15, 0.2) is 0 Å². The summed E-state index contributed by atoms with van der Waals surface area (Å²) >= 11 is 0. The number of amides is 2. The molecule has 4 aliphatic rings. The summed E-state index contributed by atoms with van der Waals surface area (Å²) in [5.41, 5.74) is 8.97. The quantitative estimate of drug-likeness (QED) is 0.257. The molecule has 188 valence electrons. The van der Waals surface area contributed by atoms with E-state index in [4.69, 9.17) is 4.84 Å². The fourth-order valence-corrected chi connectivity index (χ4v) is 5.50. The molecular formula is C23H43N7O3. The molecule has 1 saturated carbocycles. The number of hydrazine groups is 1. The molecule has 0 radical (unpaired) electrons. The molecule has 3 saturated heterocycles. The summed E-state index contributed by atoms with van der Waals surface area (Å²) in [4.78, 5) is 30.2. The summed E-state index contributed by atoms with van der Waals surface area (Å²) < 4.78 is 0. The minimum atomic E-state index is -0.143. The van der Waals surface area contributed by atoms with Crippen LogP contribution >= 0.6 is 0 Å². The minimum Gasteiger partial charge on any atom is -0.356 e. The number of nitrogens with one attached hydrogen (secondary N) is 7. The van der Waals surface area contributed by atoms with Crippen LogP contribution in [0.3, 0.4) is 0 Å². The molecule has 33 heavy (non-hydrogen) atoms.